The Hall–Kier alpha value is -0.0400. The van der Waals surface area contributed by atoms with E-state index in [0.29, 0.717) is 11.5 Å². The topological polar surface area (TPSA) is 26.0 Å². The molecule has 1 rings (SSSR count). The lowest BCUT2D eigenvalue weighted by atomic mass is 9.63. The van der Waals surface area contributed by atoms with Crippen molar-refractivity contribution in [3.05, 3.63) is 0 Å². The Balaban J connectivity index is 2.04. The summed E-state index contributed by atoms with van der Waals surface area (Å²) in [6.45, 7) is 7.17. The molecule has 3 atom stereocenters. The summed E-state index contributed by atoms with van der Waals surface area (Å²) in [5.41, 5.74) is 6.98. The van der Waals surface area contributed by atoms with Crippen LogP contribution < -0.4 is 5.73 Å². The van der Waals surface area contributed by atoms with E-state index in [1.807, 2.05) is 0 Å². The van der Waals surface area contributed by atoms with Gasteiger partial charge in [-0.05, 0) is 24.2 Å². The van der Waals surface area contributed by atoms with E-state index >= 15 is 0 Å². The summed E-state index contributed by atoms with van der Waals surface area (Å²) in [5.74, 6) is 0.819. The summed E-state index contributed by atoms with van der Waals surface area (Å²) in [6.07, 6.45) is 19.5. The van der Waals surface area contributed by atoms with Crippen LogP contribution in [0.2, 0.25) is 0 Å². The Morgan fingerprint density at radius 2 is 1.52 bits per heavy atom. The van der Waals surface area contributed by atoms with Crippen molar-refractivity contribution in [1.82, 2.24) is 0 Å². The van der Waals surface area contributed by atoms with Crippen LogP contribution in [0.5, 0.6) is 0 Å². The third-order valence-corrected chi connectivity index (χ3v) is 6.19. The largest absolute Gasteiger partial charge is 0.327 e. The first-order chi connectivity index (χ1) is 10.1. The average molecular weight is 296 g/mol. The maximum absolute atomic E-state index is 6.57. The van der Waals surface area contributed by atoms with Crippen molar-refractivity contribution < 1.29 is 0 Å². The van der Waals surface area contributed by atoms with Gasteiger partial charge in [0.15, 0.2) is 0 Å². The summed E-state index contributed by atoms with van der Waals surface area (Å²) in [4.78, 5) is 0. The van der Waals surface area contributed by atoms with Gasteiger partial charge < -0.3 is 5.73 Å². The fraction of sp³-hybridized carbons (Fsp3) is 1.00. The highest BCUT2D eigenvalue weighted by Crippen LogP contribution is 2.43. The molecule has 0 aromatic heterocycles. The number of hydrogen-bond donors (Lipinski definition) is 1. The second kappa shape index (κ2) is 10.6. The Labute approximate surface area is 134 Å². The minimum absolute atomic E-state index is 0.415. The van der Waals surface area contributed by atoms with Gasteiger partial charge in [-0.3, -0.25) is 0 Å². The number of hydrogen-bond acceptors (Lipinski definition) is 1. The van der Waals surface area contributed by atoms with Crippen LogP contribution in [0.1, 0.15) is 111 Å². The van der Waals surface area contributed by atoms with Crippen LogP contribution >= 0.6 is 0 Å². The highest BCUT2D eigenvalue weighted by atomic mass is 14.7. The fourth-order valence-electron chi connectivity index (χ4n) is 4.09. The molecule has 0 saturated heterocycles. The molecule has 1 nitrogen and oxygen atoms in total. The van der Waals surface area contributed by atoms with E-state index in [9.17, 15) is 0 Å². The molecule has 0 aromatic rings. The van der Waals surface area contributed by atoms with Crippen LogP contribution in [-0.2, 0) is 0 Å². The molecule has 0 heterocycles. The van der Waals surface area contributed by atoms with Crippen LogP contribution in [0, 0.1) is 11.3 Å². The quantitative estimate of drug-likeness (QED) is 0.435. The molecule has 0 amide bonds. The second-order valence-electron chi connectivity index (χ2n) is 7.88. The maximum Gasteiger partial charge on any atom is 0.00954 e. The van der Waals surface area contributed by atoms with Crippen molar-refractivity contribution in [2.45, 2.75) is 117 Å². The predicted molar refractivity (Wildman–Crippen MR) is 95.6 cm³/mol. The van der Waals surface area contributed by atoms with Crippen molar-refractivity contribution in [3.63, 3.8) is 0 Å². The Kier molecular flexibility index (Phi) is 9.64. The lowest BCUT2D eigenvalue weighted by molar-refractivity contribution is 0.0896. The molecule has 1 heteroatoms. The molecule has 1 fully saturated rings. The molecule has 126 valence electrons. The van der Waals surface area contributed by atoms with Gasteiger partial charge in [-0.1, -0.05) is 97.8 Å². The van der Waals surface area contributed by atoms with Gasteiger partial charge in [-0.2, -0.15) is 0 Å². The molecular weight excluding hydrogens is 254 g/mol. The summed E-state index contributed by atoms with van der Waals surface area (Å²) < 4.78 is 0. The summed E-state index contributed by atoms with van der Waals surface area (Å²) in [5, 5.41) is 0. The third-order valence-electron chi connectivity index (χ3n) is 6.19. The van der Waals surface area contributed by atoms with Crippen molar-refractivity contribution in [3.8, 4) is 0 Å². The summed E-state index contributed by atoms with van der Waals surface area (Å²) in [7, 11) is 0. The van der Waals surface area contributed by atoms with E-state index in [2.05, 4.69) is 20.8 Å². The first-order valence-electron chi connectivity index (χ1n) is 9.87. The van der Waals surface area contributed by atoms with E-state index in [0.717, 1.165) is 5.92 Å². The van der Waals surface area contributed by atoms with Crippen LogP contribution in [0.4, 0.5) is 0 Å². The van der Waals surface area contributed by atoms with Gasteiger partial charge in [0, 0.05) is 6.04 Å². The van der Waals surface area contributed by atoms with Gasteiger partial charge in [0.2, 0.25) is 0 Å². The first-order valence-corrected chi connectivity index (χ1v) is 9.87. The zero-order valence-electron chi connectivity index (χ0n) is 15.1. The molecular formula is C20H41N. The minimum atomic E-state index is 0.415. The lowest BCUT2D eigenvalue weighted by Gasteiger charge is -2.44. The predicted octanol–water partition coefficient (Wildman–Crippen LogP) is 6.45. The molecule has 0 aromatic carbocycles. The fourth-order valence-corrected chi connectivity index (χ4v) is 4.09. The molecule has 0 bridgehead atoms. The highest BCUT2D eigenvalue weighted by molar-refractivity contribution is 4.91. The standard InChI is InChI=1S/C20H41N/c1-4-5-6-7-8-9-10-11-12-16-19(21)20(3)17-14-13-15-18(20)2/h18-19H,4-17,21H2,1-3H3. The number of nitrogens with two attached hydrogens (primary N) is 1. The molecule has 0 spiro atoms. The maximum atomic E-state index is 6.57. The van der Waals surface area contributed by atoms with E-state index in [4.69, 9.17) is 5.73 Å². The van der Waals surface area contributed by atoms with E-state index in [1.54, 1.807) is 0 Å². The van der Waals surface area contributed by atoms with Crippen LogP contribution in [-0.4, -0.2) is 6.04 Å². The van der Waals surface area contributed by atoms with E-state index in [1.165, 1.54) is 89.9 Å². The molecule has 1 saturated carbocycles. The van der Waals surface area contributed by atoms with Crippen LogP contribution in [0.25, 0.3) is 0 Å². The smallest absolute Gasteiger partial charge is 0.00954 e. The van der Waals surface area contributed by atoms with Crippen molar-refractivity contribution in [1.29, 1.82) is 0 Å². The van der Waals surface area contributed by atoms with E-state index < -0.39 is 0 Å². The SMILES string of the molecule is CCCCCCCCCCCC(N)C1(C)CCCCC1C. The first kappa shape index (κ1) is 19.0. The minimum Gasteiger partial charge on any atom is -0.327 e. The normalized spacial score (nSPS) is 27.7. The van der Waals surface area contributed by atoms with Crippen molar-refractivity contribution in [2.24, 2.45) is 17.1 Å². The molecule has 2 N–H and O–H groups in total. The third kappa shape index (κ3) is 6.72. The number of rotatable bonds is 11. The molecule has 21 heavy (non-hydrogen) atoms. The Bertz CT molecular complexity index is 250. The van der Waals surface area contributed by atoms with Gasteiger partial charge in [0.1, 0.15) is 0 Å². The molecule has 0 aliphatic heterocycles. The van der Waals surface area contributed by atoms with Gasteiger partial charge in [-0.15, -0.1) is 0 Å². The van der Waals surface area contributed by atoms with E-state index in [-0.39, 0.29) is 0 Å². The van der Waals surface area contributed by atoms with Crippen molar-refractivity contribution in [2.75, 3.05) is 0 Å². The van der Waals surface area contributed by atoms with Gasteiger partial charge in [-0.25, -0.2) is 0 Å². The zero-order chi connectivity index (χ0) is 15.6. The number of unbranched alkanes of at least 4 members (excludes halogenated alkanes) is 8. The zero-order valence-corrected chi connectivity index (χ0v) is 15.1. The summed E-state index contributed by atoms with van der Waals surface area (Å²) >= 11 is 0. The van der Waals surface area contributed by atoms with Crippen LogP contribution in [0.15, 0.2) is 0 Å². The van der Waals surface area contributed by atoms with Gasteiger partial charge >= 0.3 is 0 Å². The lowest BCUT2D eigenvalue weighted by Crippen LogP contribution is -2.45. The van der Waals surface area contributed by atoms with Gasteiger partial charge in [0.05, 0.1) is 0 Å². The highest BCUT2D eigenvalue weighted by Gasteiger charge is 2.38. The molecule has 3 unspecified atom stereocenters. The molecule has 1 aliphatic carbocycles. The van der Waals surface area contributed by atoms with Gasteiger partial charge in [0.25, 0.3) is 0 Å². The molecule has 0 radical (unpaired) electrons. The monoisotopic (exact) mass is 295 g/mol. The second-order valence-corrected chi connectivity index (χ2v) is 7.88. The van der Waals surface area contributed by atoms with Crippen LogP contribution in [0.3, 0.4) is 0 Å². The summed E-state index contributed by atoms with van der Waals surface area (Å²) in [6, 6.07) is 0.428. The Morgan fingerprint density at radius 3 is 2.10 bits per heavy atom. The molecule has 1 aliphatic rings. The van der Waals surface area contributed by atoms with Crippen molar-refractivity contribution >= 4 is 0 Å². The Morgan fingerprint density at radius 1 is 0.952 bits per heavy atom. The average Bonchev–Trinajstić information content (AvgIpc) is 2.48.